The first-order valence-corrected chi connectivity index (χ1v) is 10.2. The smallest absolute Gasteiger partial charge is 0.257 e. The van der Waals surface area contributed by atoms with Crippen LogP contribution in [-0.2, 0) is 19.6 Å². The summed E-state index contributed by atoms with van der Waals surface area (Å²) in [4.78, 5) is 11.7. The van der Waals surface area contributed by atoms with Crippen molar-refractivity contribution in [1.82, 2.24) is 5.32 Å². The molecule has 0 aliphatic carbocycles. The normalized spacial score (nSPS) is 11.4. The van der Waals surface area contributed by atoms with Crippen LogP contribution in [0.5, 0.6) is 5.75 Å². The number of nitrogens with one attached hydrogen (secondary N) is 1. The number of hydrogen-bond acceptors (Lipinski definition) is 5. The summed E-state index contributed by atoms with van der Waals surface area (Å²) in [6, 6.07) is 6.60. The number of ether oxygens (including phenoxy) is 2. The van der Waals surface area contributed by atoms with Crippen LogP contribution in [0, 0.1) is 0 Å². The summed E-state index contributed by atoms with van der Waals surface area (Å²) in [5.74, 6) is 0.298. The summed E-state index contributed by atoms with van der Waals surface area (Å²) >= 11 is 0. The van der Waals surface area contributed by atoms with E-state index in [0.717, 1.165) is 12.7 Å². The molecule has 0 aliphatic rings. The summed E-state index contributed by atoms with van der Waals surface area (Å²) in [6.45, 7) is 7.10. The van der Waals surface area contributed by atoms with Gasteiger partial charge in [-0.25, -0.2) is 8.42 Å². The zero-order chi connectivity index (χ0) is 18.9. The first-order chi connectivity index (χ1) is 11.7. The molecule has 142 valence electrons. The Bertz CT molecular complexity index is 629. The van der Waals surface area contributed by atoms with Crippen LogP contribution in [0.15, 0.2) is 24.3 Å². The van der Waals surface area contributed by atoms with E-state index in [1.807, 2.05) is 13.8 Å². The topological polar surface area (TPSA) is 84.9 Å². The van der Waals surface area contributed by atoms with Crippen molar-refractivity contribution in [3.63, 3.8) is 0 Å². The molecule has 0 fully saturated rings. The number of hydrogen-bond donors (Lipinski definition) is 1. The third kappa shape index (κ3) is 8.22. The summed E-state index contributed by atoms with van der Waals surface area (Å²) in [5.41, 5.74) is 0.562. The Kier molecular flexibility index (Phi) is 8.71. The standard InChI is InChI=1S/C17H28N2O5S/c1-5-19(25(4,21)22)15-7-9-16(10-8-15)24-13-17(20)18-11-6-12-23-14(2)3/h7-10,14H,5-6,11-13H2,1-4H3,(H,18,20). The average Bonchev–Trinajstić information content (AvgIpc) is 2.53. The number of anilines is 1. The second-order valence-corrected chi connectivity index (χ2v) is 7.74. The molecule has 1 amide bonds. The van der Waals surface area contributed by atoms with E-state index in [4.69, 9.17) is 9.47 Å². The van der Waals surface area contributed by atoms with Crippen LogP contribution >= 0.6 is 0 Å². The van der Waals surface area contributed by atoms with E-state index in [2.05, 4.69) is 5.32 Å². The third-order valence-corrected chi connectivity index (χ3v) is 4.55. The lowest BCUT2D eigenvalue weighted by molar-refractivity contribution is -0.123. The van der Waals surface area contributed by atoms with Crippen molar-refractivity contribution >= 4 is 21.6 Å². The van der Waals surface area contributed by atoms with Gasteiger partial charge in [0.1, 0.15) is 5.75 Å². The quantitative estimate of drug-likeness (QED) is 0.599. The van der Waals surface area contributed by atoms with Gasteiger partial charge in [0.2, 0.25) is 10.0 Å². The lowest BCUT2D eigenvalue weighted by Gasteiger charge is -2.20. The molecule has 1 N–H and O–H groups in total. The van der Waals surface area contributed by atoms with Gasteiger partial charge in [0, 0.05) is 19.7 Å². The molecule has 0 aliphatic heterocycles. The van der Waals surface area contributed by atoms with E-state index in [9.17, 15) is 13.2 Å². The van der Waals surface area contributed by atoms with Crippen molar-refractivity contribution in [3.05, 3.63) is 24.3 Å². The lowest BCUT2D eigenvalue weighted by atomic mass is 10.3. The summed E-state index contributed by atoms with van der Waals surface area (Å²) < 4.78 is 35.4. The van der Waals surface area contributed by atoms with E-state index >= 15 is 0 Å². The van der Waals surface area contributed by atoms with E-state index in [1.54, 1.807) is 31.2 Å². The highest BCUT2D eigenvalue weighted by Gasteiger charge is 2.15. The van der Waals surface area contributed by atoms with Gasteiger partial charge >= 0.3 is 0 Å². The largest absolute Gasteiger partial charge is 0.484 e. The zero-order valence-electron chi connectivity index (χ0n) is 15.3. The molecular formula is C17H28N2O5S. The van der Waals surface area contributed by atoms with Gasteiger partial charge < -0.3 is 14.8 Å². The van der Waals surface area contributed by atoms with Crippen LogP contribution in [0.25, 0.3) is 0 Å². The van der Waals surface area contributed by atoms with Crippen molar-refractivity contribution in [3.8, 4) is 5.75 Å². The Labute approximate surface area is 150 Å². The SMILES string of the molecule is CCN(c1ccc(OCC(=O)NCCCOC(C)C)cc1)S(C)(=O)=O. The molecule has 1 rings (SSSR count). The molecule has 0 saturated carbocycles. The minimum atomic E-state index is -3.31. The molecule has 0 spiro atoms. The van der Waals surface area contributed by atoms with E-state index in [0.29, 0.717) is 31.1 Å². The molecule has 7 nitrogen and oxygen atoms in total. The van der Waals surface area contributed by atoms with Crippen LogP contribution in [0.2, 0.25) is 0 Å². The summed E-state index contributed by atoms with van der Waals surface area (Å²) in [6.07, 6.45) is 2.10. The molecule has 0 radical (unpaired) electrons. The predicted molar refractivity (Wildman–Crippen MR) is 98.5 cm³/mol. The molecule has 1 aromatic carbocycles. The molecule has 8 heteroatoms. The maximum absolute atomic E-state index is 11.7. The Balaban J connectivity index is 2.39. The number of sulfonamides is 1. The molecule has 0 aromatic heterocycles. The minimum Gasteiger partial charge on any atom is -0.484 e. The molecule has 1 aromatic rings. The number of benzene rings is 1. The van der Waals surface area contributed by atoms with Crippen molar-refractivity contribution in [2.75, 3.05) is 36.9 Å². The average molecular weight is 372 g/mol. The fourth-order valence-electron chi connectivity index (χ4n) is 2.14. The van der Waals surface area contributed by atoms with E-state index in [-0.39, 0.29) is 18.6 Å². The fraction of sp³-hybridized carbons (Fsp3) is 0.588. The lowest BCUT2D eigenvalue weighted by Crippen LogP contribution is -2.30. The Morgan fingerprint density at radius 1 is 1.24 bits per heavy atom. The minimum absolute atomic E-state index is 0.0893. The van der Waals surface area contributed by atoms with Gasteiger partial charge in [-0.1, -0.05) is 0 Å². The highest BCUT2D eigenvalue weighted by molar-refractivity contribution is 7.92. The second kappa shape index (κ2) is 10.2. The van der Waals surface area contributed by atoms with Crippen LogP contribution < -0.4 is 14.4 Å². The van der Waals surface area contributed by atoms with Gasteiger partial charge in [0.05, 0.1) is 18.0 Å². The summed E-state index contributed by atoms with van der Waals surface area (Å²) in [5, 5.41) is 2.75. The van der Waals surface area contributed by atoms with E-state index in [1.165, 1.54) is 4.31 Å². The van der Waals surface area contributed by atoms with Crippen molar-refractivity contribution in [2.45, 2.75) is 33.3 Å². The fourth-order valence-corrected chi connectivity index (χ4v) is 3.11. The van der Waals surface area contributed by atoms with Gasteiger partial charge in [0.15, 0.2) is 6.61 Å². The molecule has 25 heavy (non-hydrogen) atoms. The number of rotatable bonds is 11. The van der Waals surface area contributed by atoms with Gasteiger partial charge in [-0.3, -0.25) is 9.10 Å². The second-order valence-electron chi connectivity index (χ2n) is 5.83. The zero-order valence-corrected chi connectivity index (χ0v) is 16.1. The Hall–Kier alpha value is -1.80. The van der Waals surface area contributed by atoms with Crippen LogP contribution in [0.4, 0.5) is 5.69 Å². The van der Waals surface area contributed by atoms with Gasteiger partial charge in [-0.05, 0) is 51.5 Å². The monoisotopic (exact) mass is 372 g/mol. The van der Waals surface area contributed by atoms with Crippen molar-refractivity contribution in [2.24, 2.45) is 0 Å². The molecule has 0 atom stereocenters. The third-order valence-electron chi connectivity index (χ3n) is 3.28. The molecule has 0 unspecified atom stereocenters. The van der Waals surface area contributed by atoms with Gasteiger partial charge in [-0.15, -0.1) is 0 Å². The highest BCUT2D eigenvalue weighted by atomic mass is 32.2. The maximum Gasteiger partial charge on any atom is 0.257 e. The first kappa shape index (κ1) is 21.2. The molecule has 0 heterocycles. The Morgan fingerprint density at radius 2 is 1.88 bits per heavy atom. The molecule has 0 saturated heterocycles. The number of carbonyl (C=O) groups is 1. The van der Waals surface area contributed by atoms with Gasteiger partial charge in [-0.2, -0.15) is 0 Å². The maximum atomic E-state index is 11.7. The van der Waals surface area contributed by atoms with Gasteiger partial charge in [0.25, 0.3) is 5.91 Å². The number of nitrogens with zero attached hydrogens (tertiary/aromatic N) is 1. The first-order valence-electron chi connectivity index (χ1n) is 8.33. The van der Waals surface area contributed by atoms with Crippen molar-refractivity contribution < 1.29 is 22.7 Å². The summed E-state index contributed by atoms with van der Waals surface area (Å²) in [7, 11) is -3.31. The van der Waals surface area contributed by atoms with Crippen LogP contribution in [0.3, 0.4) is 0 Å². The van der Waals surface area contributed by atoms with E-state index < -0.39 is 10.0 Å². The number of amides is 1. The Morgan fingerprint density at radius 3 is 2.40 bits per heavy atom. The predicted octanol–water partition coefficient (Wildman–Crippen LogP) is 1.78. The number of carbonyl (C=O) groups excluding carboxylic acids is 1. The highest BCUT2D eigenvalue weighted by Crippen LogP contribution is 2.21. The molecule has 0 bridgehead atoms. The van der Waals surface area contributed by atoms with Crippen molar-refractivity contribution in [1.29, 1.82) is 0 Å². The van der Waals surface area contributed by atoms with Crippen LogP contribution in [-0.4, -0.2) is 53.0 Å². The molecular weight excluding hydrogens is 344 g/mol. The van der Waals surface area contributed by atoms with Crippen LogP contribution in [0.1, 0.15) is 27.2 Å².